The first-order chi connectivity index (χ1) is 13.0. The molecule has 1 aliphatic rings. The molecule has 1 heterocycles. The summed E-state index contributed by atoms with van der Waals surface area (Å²) in [6, 6.07) is 10.2. The summed E-state index contributed by atoms with van der Waals surface area (Å²) in [7, 11) is 0. The van der Waals surface area contributed by atoms with Gasteiger partial charge in [0, 0.05) is 24.3 Å². The molecule has 0 atom stereocenters. The van der Waals surface area contributed by atoms with E-state index in [4.69, 9.17) is 0 Å². The molecule has 1 aliphatic heterocycles. The topological polar surface area (TPSA) is 57.7 Å². The number of nitrogens with zero attached hydrogens (tertiary/aromatic N) is 2. The van der Waals surface area contributed by atoms with Crippen LogP contribution in [-0.4, -0.2) is 35.7 Å². The van der Waals surface area contributed by atoms with Gasteiger partial charge in [0.15, 0.2) is 0 Å². The van der Waals surface area contributed by atoms with E-state index in [1.807, 2.05) is 13.8 Å². The third-order valence-electron chi connectivity index (χ3n) is 4.65. The monoisotopic (exact) mass is 368 g/mol. The van der Waals surface area contributed by atoms with Gasteiger partial charge in [0.25, 0.3) is 17.7 Å². The Morgan fingerprint density at radius 2 is 1.67 bits per heavy atom. The number of carbonyl (C=O) groups excluding carboxylic acids is 3. The molecule has 140 valence electrons. The van der Waals surface area contributed by atoms with Gasteiger partial charge < -0.3 is 4.90 Å². The van der Waals surface area contributed by atoms with Crippen LogP contribution >= 0.6 is 0 Å². The number of amides is 3. The number of benzene rings is 2. The highest BCUT2D eigenvalue weighted by Crippen LogP contribution is 2.26. The van der Waals surface area contributed by atoms with E-state index in [0.29, 0.717) is 29.9 Å². The summed E-state index contributed by atoms with van der Waals surface area (Å²) in [4.78, 5) is 40.6. The summed E-state index contributed by atoms with van der Waals surface area (Å²) in [5, 5.41) is 0. The fourth-order valence-corrected chi connectivity index (χ4v) is 3.16. The zero-order chi connectivity index (χ0) is 19.6. The molecule has 2 aromatic carbocycles. The summed E-state index contributed by atoms with van der Waals surface area (Å²) >= 11 is 0. The third kappa shape index (κ3) is 3.47. The van der Waals surface area contributed by atoms with Crippen LogP contribution in [0, 0.1) is 5.82 Å². The standard InChI is InChI=1S/C21H21FN2O3/c1-3-5-12-24-20(26)17-11-6-14(13-18(17)21(24)27)19(25)23(4-2)16-9-7-15(22)8-10-16/h6-11,13H,3-5,12H2,1-2H3. The predicted molar refractivity (Wildman–Crippen MR) is 100 cm³/mol. The molecule has 0 bridgehead atoms. The maximum atomic E-state index is 13.2. The number of carbonyl (C=O) groups is 3. The van der Waals surface area contributed by atoms with Crippen LogP contribution in [0.1, 0.15) is 57.8 Å². The maximum Gasteiger partial charge on any atom is 0.261 e. The minimum absolute atomic E-state index is 0.261. The highest BCUT2D eigenvalue weighted by Gasteiger charge is 2.35. The van der Waals surface area contributed by atoms with E-state index in [9.17, 15) is 18.8 Å². The lowest BCUT2D eigenvalue weighted by molar-refractivity contribution is 0.0652. The zero-order valence-electron chi connectivity index (χ0n) is 15.4. The number of imide groups is 1. The van der Waals surface area contributed by atoms with Crippen LogP contribution in [0.4, 0.5) is 10.1 Å². The highest BCUT2D eigenvalue weighted by atomic mass is 19.1. The quantitative estimate of drug-likeness (QED) is 0.727. The second-order valence-electron chi connectivity index (χ2n) is 6.40. The van der Waals surface area contributed by atoms with E-state index in [1.165, 1.54) is 46.2 Å². The molecule has 0 N–H and O–H groups in total. The molecule has 2 aromatic rings. The molecule has 0 unspecified atom stereocenters. The molecule has 27 heavy (non-hydrogen) atoms. The fourth-order valence-electron chi connectivity index (χ4n) is 3.16. The number of halogens is 1. The molecule has 0 spiro atoms. The van der Waals surface area contributed by atoms with E-state index in [-0.39, 0.29) is 29.1 Å². The largest absolute Gasteiger partial charge is 0.309 e. The number of unbranched alkanes of at least 4 members (excludes halogenated alkanes) is 1. The zero-order valence-corrected chi connectivity index (χ0v) is 15.4. The number of anilines is 1. The Hall–Kier alpha value is -3.02. The van der Waals surface area contributed by atoms with E-state index in [2.05, 4.69) is 0 Å². The molecule has 0 saturated carbocycles. The number of fused-ring (bicyclic) bond motifs is 1. The van der Waals surface area contributed by atoms with Gasteiger partial charge in [-0.15, -0.1) is 0 Å². The average Bonchev–Trinajstić information content (AvgIpc) is 2.92. The molecule has 0 aliphatic carbocycles. The Balaban J connectivity index is 1.90. The first-order valence-corrected chi connectivity index (χ1v) is 9.05. The van der Waals surface area contributed by atoms with Crippen LogP contribution in [-0.2, 0) is 0 Å². The number of hydrogen-bond donors (Lipinski definition) is 0. The van der Waals surface area contributed by atoms with Crippen LogP contribution in [0.3, 0.4) is 0 Å². The van der Waals surface area contributed by atoms with Crippen molar-refractivity contribution in [3.05, 3.63) is 65.0 Å². The average molecular weight is 368 g/mol. The lowest BCUT2D eigenvalue weighted by Crippen LogP contribution is -2.31. The molecular formula is C21H21FN2O3. The van der Waals surface area contributed by atoms with Crippen molar-refractivity contribution in [2.45, 2.75) is 26.7 Å². The highest BCUT2D eigenvalue weighted by molar-refractivity contribution is 6.22. The Bertz CT molecular complexity index is 893. The van der Waals surface area contributed by atoms with Gasteiger partial charge in [0.2, 0.25) is 0 Å². The minimum Gasteiger partial charge on any atom is -0.309 e. The second kappa shape index (κ2) is 7.70. The van der Waals surface area contributed by atoms with Crippen molar-refractivity contribution >= 4 is 23.4 Å². The van der Waals surface area contributed by atoms with Crippen LogP contribution < -0.4 is 4.90 Å². The molecule has 0 saturated heterocycles. The Labute approximate surface area is 157 Å². The minimum atomic E-state index is -0.379. The third-order valence-corrected chi connectivity index (χ3v) is 4.65. The molecular weight excluding hydrogens is 347 g/mol. The van der Waals surface area contributed by atoms with Crippen LogP contribution in [0.5, 0.6) is 0 Å². The summed E-state index contributed by atoms with van der Waals surface area (Å²) in [5.74, 6) is -1.36. The maximum absolute atomic E-state index is 13.2. The SMILES string of the molecule is CCCCN1C(=O)c2ccc(C(=O)N(CC)c3ccc(F)cc3)cc2C1=O. The summed E-state index contributed by atoms with van der Waals surface area (Å²) in [5.41, 5.74) is 1.48. The number of rotatable bonds is 6. The summed E-state index contributed by atoms with van der Waals surface area (Å²) in [6.45, 7) is 4.57. The van der Waals surface area contributed by atoms with E-state index < -0.39 is 0 Å². The lowest BCUT2D eigenvalue weighted by atomic mass is 10.0. The molecule has 3 amide bonds. The van der Waals surface area contributed by atoms with Gasteiger partial charge in [-0.1, -0.05) is 13.3 Å². The molecule has 0 fully saturated rings. The molecule has 0 radical (unpaired) electrons. The first-order valence-electron chi connectivity index (χ1n) is 9.05. The molecule has 5 nitrogen and oxygen atoms in total. The van der Waals surface area contributed by atoms with Crippen molar-refractivity contribution in [1.29, 1.82) is 0 Å². The van der Waals surface area contributed by atoms with Crippen molar-refractivity contribution in [2.75, 3.05) is 18.0 Å². The van der Waals surface area contributed by atoms with Gasteiger partial charge in [-0.25, -0.2) is 4.39 Å². The van der Waals surface area contributed by atoms with Crippen molar-refractivity contribution in [1.82, 2.24) is 4.90 Å². The van der Waals surface area contributed by atoms with Gasteiger partial charge >= 0.3 is 0 Å². The Kier molecular flexibility index (Phi) is 5.35. The van der Waals surface area contributed by atoms with Crippen molar-refractivity contribution < 1.29 is 18.8 Å². The second-order valence-corrected chi connectivity index (χ2v) is 6.40. The van der Waals surface area contributed by atoms with Gasteiger partial charge in [-0.2, -0.15) is 0 Å². The van der Waals surface area contributed by atoms with Crippen molar-refractivity contribution in [3.8, 4) is 0 Å². The van der Waals surface area contributed by atoms with Gasteiger partial charge in [0.1, 0.15) is 5.82 Å². The van der Waals surface area contributed by atoms with Crippen molar-refractivity contribution in [3.63, 3.8) is 0 Å². The summed E-state index contributed by atoms with van der Waals surface area (Å²) < 4.78 is 13.2. The molecule has 0 aromatic heterocycles. The number of hydrogen-bond acceptors (Lipinski definition) is 3. The predicted octanol–water partition coefficient (Wildman–Crippen LogP) is 3.89. The normalized spacial score (nSPS) is 13.1. The van der Waals surface area contributed by atoms with E-state index in [1.54, 1.807) is 6.07 Å². The van der Waals surface area contributed by atoms with Gasteiger partial charge in [0.05, 0.1) is 11.1 Å². The molecule has 6 heteroatoms. The smallest absolute Gasteiger partial charge is 0.261 e. The van der Waals surface area contributed by atoms with Gasteiger partial charge in [-0.3, -0.25) is 19.3 Å². The Morgan fingerprint density at radius 3 is 2.30 bits per heavy atom. The van der Waals surface area contributed by atoms with Crippen molar-refractivity contribution in [2.24, 2.45) is 0 Å². The van der Waals surface area contributed by atoms with E-state index >= 15 is 0 Å². The molecule has 3 rings (SSSR count). The van der Waals surface area contributed by atoms with E-state index in [0.717, 1.165) is 12.8 Å². The van der Waals surface area contributed by atoms with Crippen LogP contribution in [0.25, 0.3) is 0 Å². The fraction of sp³-hybridized carbons (Fsp3) is 0.286. The van der Waals surface area contributed by atoms with Crippen LogP contribution in [0.15, 0.2) is 42.5 Å². The lowest BCUT2D eigenvalue weighted by Gasteiger charge is -2.21. The summed E-state index contributed by atoms with van der Waals surface area (Å²) in [6.07, 6.45) is 1.62. The van der Waals surface area contributed by atoms with Crippen LogP contribution in [0.2, 0.25) is 0 Å². The Morgan fingerprint density at radius 1 is 1.00 bits per heavy atom. The first kappa shape index (κ1) is 18.8. The van der Waals surface area contributed by atoms with Gasteiger partial charge in [-0.05, 0) is 55.8 Å².